The molecule has 3 heterocycles. The van der Waals surface area contributed by atoms with Crippen LogP contribution in [0.5, 0.6) is 5.75 Å². The van der Waals surface area contributed by atoms with Crippen LogP contribution >= 0.6 is 11.3 Å². The molecule has 0 spiro atoms. The normalized spacial score (nSPS) is 12.2. The zero-order valence-electron chi connectivity index (χ0n) is 18.5. The van der Waals surface area contributed by atoms with Crippen LogP contribution in [0.4, 0.5) is 24.0 Å². The number of aryl methyl sites for hydroxylation is 1. The van der Waals surface area contributed by atoms with Crippen molar-refractivity contribution in [1.29, 1.82) is 0 Å². The maximum Gasteiger partial charge on any atom is 0.422 e. The number of fused-ring (bicyclic) bond motifs is 1. The number of pyridine rings is 2. The third-order valence-corrected chi connectivity index (χ3v) is 5.72. The first kappa shape index (κ1) is 22.9. The van der Waals surface area contributed by atoms with Gasteiger partial charge in [0.15, 0.2) is 11.6 Å². The molecule has 4 rings (SSSR count). The maximum absolute atomic E-state index is 12.7. The van der Waals surface area contributed by atoms with E-state index in [0.717, 1.165) is 22.2 Å². The highest BCUT2D eigenvalue weighted by atomic mass is 32.1. The molecule has 0 saturated carbocycles. The van der Waals surface area contributed by atoms with Gasteiger partial charge in [0.25, 0.3) is 0 Å². The number of halogens is 3. The van der Waals surface area contributed by atoms with Gasteiger partial charge in [-0.1, -0.05) is 32.1 Å². The van der Waals surface area contributed by atoms with Gasteiger partial charge < -0.3 is 10.1 Å². The molecule has 0 aliphatic rings. The van der Waals surface area contributed by atoms with Crippen LogP contribution in [0, 0.1) is 6.92 Å². The van der Waals surface area contributed by atoms with Gasteiger partial charge in [-0.3, -0.25) is 4.98 Å². The molecule has 1 N–H and O–H groups in total. The lowest BCUT2D eigenvalue weighted by molar-refractivity contribution is -0.153. The van der Waals surface area contributed by atoms with Crippen LogP contribution in [0.1, 0.15) is 31.9 Å². The summed E-state index contributed by atoms with van der Waals surface area (Å²) in [7, 11) is 0. The number of ether oxygens (including phenoxy) is 1. The highest BCUT2D eigenvalue weighted by Crippen LogP contribution is 2.37. The molecule has 33 heavy (non-hydrogen) atoms. The summed E-state index contributed by atoms with van der Waals surface area (Å²) in [6.07, 6.45) is -1.04. The Labute approximate surface area is 192 Å². The Hall–Kier alpha value is -3.27. The summed E-state index contributed by atoms with van der Waals surface area (Å²) < 4.78 is 43.1. The van der Waals surface area contributed by atoms with E-state index >= 15 is 0 Å². The molecule has 0 bridgehead atoms. The number of nitrogens with one attached hydrogen (secondary N) is 1. The molecule has 0 aliphatic carbocycles. The number of hydrogen-bond donors (Lipinski definition) is 1. The smallest absolute Gasteiger partial charge is 0.422 e. The van der Waals surface area contributed by atoms with Crippen molar-refractivity contribution in [2.24, 2.45) is 0 Å². The van der Waals surface area contributed by atoms with Crippen molar-refractivity contribution < 1.29 is 17.9 Å². The molecule has 0 saturated heterocycles. The number of benzene rings is 1. The number of aromatic nitrogens is 4. The molecule has 0 atom stereocenters. The molecule has 0 amide bonds. The second-order valence-corrected chi connectivity index (χ2v) is 9.60. The van der Waals surface area contributed by atoms with Crippen molar-refractivity contribution in [3.05, 3.63) is 53.9 Å². The largest absolute Gasteiger partial charge is 0.484 e. The number of rotatable bonds is 5. The van der Waals surface area contributed by atoms with Gasteiger partial charge >= 0.3 is 6.18 Å². The van der Waals surface area contributed by atoms with Crippen LogP contribution < -0.4 is 10.1 Å². The predicted octanol–water partition coefficient (Wildman–Crippen LogP) is 6.44. The van der Waals surface area contributed by atoms with Crippen molar-refractivity contribution in [3.8, 4) is 16.5 Å². The van der Waals surface area contributed by atoms with E-state index in [-0.39, 0.29) is 11.2 Å². The Morgan fingerprint density at radius 2 is 1.88 bits per heavy atom. The van der Waals surface area contributed by atoms with E-state index in [9.17, 15) is 13.2 Å². The summed E-state index contributed by atoms with van der Waals surface area (Å²) in [6, 6.07) is 8.80. The van der Waals surface area contributed by atoms with Crippen LogP contribution in [-0.2, 0) is 5.41 Å². The maximum atomic E-state index is 12.7. The molecule has 0 fully saturated rings. The van der Waals surface area contributed by atoms with E-state index in [0.29, 0.717) is 21.3 Å². The molecule has 1 aromatic carbocycles. The summed E-state index contributed by atoms with van der Waals surface area (Å²) in [5.74, 6) is 0.168. The first-order valence-electron chi connectivity index (χ1n) is 10.2. The molecular formula is C23H22F3N5OS. The van der Waals surface area contributed by atoms with Gasteiger partial charge in [0, 0.05) is 11.6 Å². The summed E-state index contributed by atoms with van der Waals surface area (Å²) in [6.45, 7) is 6.51. The van der Waals surface area contributed by atoms with E-state index in [1.165, 1.54) is 11.3 Å². The van der Waals surface area contributed by atoms with Crippen LogP contribution in [-0.4, -0.2) is 32.9 Å². The van der Waals surface area contributed by atoms with Crippen LogP contribution in [0.15, 0.2) is 42.7 Å². The minimum atomic E-state index is -4.41. The number of nitrogens with zero attached hydrogens (tertiary/aromatic N) is 4. The Morgan fingerprint density at radius 3 is 2.55 bits per heavy atom. The lowest BCUT2D eigenvalue weighted by atomic mass is 9.84. The van der Waals surface area contributed by atoms with Crippen LogP contribution in [0.25, 0.3) is 21.6 Å². The second kappa shape index (κ2) is 8.58. The fraction of sp³-hybridized carbons (Fsp3) is 0.304. The lowest BCUT2D eigenvalue weighted by Crippen LogP contribution is -2.20. The van der Waals surface area contributed by atoms with Gasteiger partial charge in [0.05, 0.1) is 17.4 Å². The first-order chi connectivity index (χ1) is 15.5. The molecule has 0 radical (unpaired) electrons. The quantitative estimate of drug-likeness (QED) is 0.360. The molecule has 6 nitrogen and oxygen atoms in total. The van der Waals surface area contributed by atoms with Crippen molar-refractivity contribution in [2.75, 3.05) is 11.9 Å². The minimum absolute atomic E-state index is 0.168. The molecule has 0 aliphatic heterocycles. The lowest BCUT2D eigenvalue weighted by Gasteiger charge is -2.23. The number of alkyl halides is 3. The molecule has 0 unspecified atom stereocenters. The van der Waals surface area contributed by atoms with E-state index in [1.54, 1.807) is 24.5 Å². The number of hydrogen-bond acceptors (Lipinski definition) is 7. The molecule has 10 heteroatoms. The predicted molar refractivity (Wildman–Crippen MR) is 123 cm³/mol. The van der Waals surface area contributed by atoms with Crippen LogP contribution in [0.3, 0.4) is 0 Å². The fourth-order valence-electron chi connectivity index (χ4n) is 3.33. The average molecular weight is 474 g/mol. The fourth-order valence-corrected chi connectivity index (χ4v) is 4.06. The average Bonchev–Trinajstić information content (AvgIpc) is 3.20. The van der Waals surface area contributed by atoms with Gasteiger partial charge in [0.1, 0.15) is 11.4 Å². The third kappa shape index (κ3) is 5.39. The molecular weight excluding hydrogens is 451 g/mol. The van der Waals surface area contributed by atoms with Gasteiger partial charge in [-0.2, -0.15) is 13.2 Å². The van der Waals surface area contributed by atoms with Crippen molar-refractivity contribution >= 4 is 33.1 Å². The summed E-state index contributed by atoms with van der Waals surface area (Å²) >= 11 is 1.35. The van der Waals surface area contributed by atoms with Crippen molar-refractivity contribution in [1.82, 2.24) is 20.2 Å². The minimum Gasteiger partial charge on any atom is -0.484 e. The standard InChI is InChI=1S/C23H22F3N5OS/c1-13-8-18(20-30-31-21(33-20)28-14-6-5-7-27-11-14)29-19-16(13)9-15(32-12-23(24,25)26)10-17(19)22(2,3)4/h5-11H,12H2,1-4H3,(H,28,31). The monoisotopic (exact) mass is 473 g/mol. The Morgan fingerprint density at radius 1 is 1.09 bits per heavy atom. The highest BCUT2D eigenvalue weighted by Gasteiger charge is 2.29. The molecule has 3 aromatic heterocycles. The first-order valence-corrected chi connectivity index (χ1v) is 11.0. The van der Waals surface area contributed by atoms with Gasteiger partial charge in [0.2, 0.25) is 5.13 Å². The highest BCUT2D eigenvalue weighted by molar-refractivity contribution is 7.18. The van der Waals surface area contributed by atoms with E-state index in [4.69, 9.17) is 9.72 Å². The topological polar surface area (TPSA) is 72.8 Å². The SMILES string of the molecule is Cc1cc(-c2nnc(Nc3cccnc3)s2)nc2c(C(C)(C)C)cc(OCC(F)(F)F)cc12. The van der Waals surface area contributed by atoms with Crippen LogP contribution in [0.2, 0.25) is 0 Å². The van der Waals surface area contributed by atoms with Gasteiger partial charge in [-0.05, 0) is 53.8 Å². The van der Waals surface area contributed by atoms with Crippen molar-refractivity contribution in [3.63, 3.8) is 0 Å². The number of anilines is 2. The zero-order chi connectivity index (χ0) is 23.8. The van der Waals surface area contributed by atoms with E-state index < -0.39 is 12.8 Å². The Balaban J connectivity index is 1.74. The molecule has 172 valence electrons. The van der Waals surface area contributed by atoms with Gasteiger partial charge in [-0.15, -0.1) is 10.2 Å². The third-order valence-electron chi connectivity index (χ3n) is 4.86. The molecule has 4 aromatic rings. The summed E-state index contributed by atoms with van der Waals surface area (Å²) in [4.78, 5) is 8.90. The second-order valence-electron chi connectivity index (χ2n) is 8.62. The Bertz CT molecular complexity index is 1280. The van der Waals surface area contributed by atoms with E-state index in [1.807, 2.05) is 45.9 Å². The summed E-state index contributed by atoms with van der Waals surface area (Å²) in [5.41, 5.74) is 3.42. The zero-order valence-corrected chi connectivity index (χ0v) is 19.3. The van der Waals surface area contributed by atoms with E-state index in [2.05, 4.69) is 20.5 Å². The Kier molecular flexibility index (Phi) is 5.96. The summed E-state index contributed by atoms with van der Waals surface area (Å²) in [5, 5.41) is 13.6. The van der Waals surface area contributed by atoms with Gasteiger partial charge in [-0.25, -0.2) is 4.98 Å². The van der Waals surface area contributed by atoms with Crippen molar-refractivity contribution in [2.45, 2.75) is 39.3 Å².